The molecule has 3 heteroatoms. The Kier molecular flexibility index (Phi) is 3.50. The first-order valence-electron chi connectivity index (χ1n) is 1.87. The van der Waals surface area contributed by atoms with E-state index in [2.05, 4.69) is 11.1 Å². The van der Waals surface area contributed by atoms with Crippen molar-refractivity contribution in [3.63, 3.8) is 0 Å². The van der Waals surface area contributed by atoms with Crippen LogP contribution in [-0.2, 0) is 0 Å². The van der Waals surface area contributed by atoms with Gasteiger partial charge in [-0.1, -0.05) is 12.4 Å². The van der Waals surface area contributed by atoms with Gasteiger partial charge in [0, 0.05) is 5.82 Å². The molecule has 0 aromatic carbocycles. The van der Waals surface area contributed by atoms with Crippen LogP contribution in [0.15, 0.2) is 18.5 Å². The number of rotatable bonds is 0. The summed E-state index contributed by atoms with van der Waals surface area (Å²) in [6.45, 7) is 0. The van der Waals surface area contributed by atoms with Crippen molar-refractivity contribution in [2.24, 2.45) is 0 Å². The van der Waals surface area contributed by atoms with Crippen molar-refractivity contribution in [2.75, 3.05) is 0 Å². The molecular weight excluding hydrogens is 100 g/mol. The second-order valence-electron chi connectivity index (χ2n) is 1.09. The summed E-state index contributed by atoms with van der Waals surface area (Å²) in [4.78, 5) is 3.48. The van der Waals surface area contributed by atoms with Crippen LogP contribution in [0.5, 0.6) is 0 Å². The van der Waals surface area contributed by atoms with E-state index in [0.29, 0.717) is 0 Å². The molecule has 36 valence electrons. The Morgan fingerprint density at radius 3 is 2.62 bits per heavy atom. The number of hydrogen-bond acceptors (Lipinski definition) is 1. The van der Waals surface area contributed by atoms with Crippen molar-refractivity contribution in [1.82, 2.24) is 4.98 Å². The Morgan fingerprint density at radius 2 is 2.38 bits per heavy atom. The first-order valence-corrected chi connectivity index (χ1v) is 1.87. The van der Waals surface area contributed by atoms with Gasteiger partial charge in [-0.3, -0.25) is 0 Å². The Balaban J connectivity index is 0.000000490. The molecule has 1 rings (SSSR count). The molecule has 1 heterocycles. The maximum absolute atomic E-state index is 11.8. The van der Waals surface area contributed by atoms with Gasteiger partial charge in [-0.05, 0) is 0 Å². The Bertz CT molecular complexity index is 142. The van der Waals surface area contributed by atoms with Gasteiger partial charge in [0.25, 0.3) is 0 Å². The van der Waals surface area contributed by atoms with Crippen LogP contribution in [0.4, 0.5) is 4.39 Å². The average molecular weight is 103 g/mol. The summed E-state index contributed by atoms with van der Waals surface area (Å²) in [5.41, 5.74) is 0. The van der Waals surface area contributed by atoms with Crippen LogP contribution in [-0.4, -0.2) is 4.98 Å². The number of hydrogen-bond donors (Lipinski definition) is 0. The van der Waals surface area contributed by atoms with Crippen LogP contribution in [0.2, 0.25) is 0 Å². The third-order valence-electron chi connectivity index (χ3n) is 0.570. The molecule has 1 aromatic heterocycles. The van der Waals surface area contributed by atoms with Gasteiger partial charge in [0.2, 0.25) is 0 Å². The van der Waals surface area contributed by atoms with Gasteiger partial charge in [-0.2, -0.15) is 6.07 Å². The zero-order valence-corrected chi connectivity index (χ0v) is 4.56. The molecule has 8 heavy (non-hydrogen) atoms. The van der Waals surface area contributed by atoms with E-state index in [1.807, 2.05) is 0 Å². The summed E-state index contributed by atoms with van der Waals surface area (Å²) in [6.07, 6.45) is 2.59. The largest absolute Gasteiger partial charge is 1.00 e. The summed E-state index contributed by atoms with van der Waals surface area (Å²) < 4.78 is 11.8. The third kappa shape index (κ3) is 2.11. The normalized spacial score (nSPS) is 7.62. The van der Waals surface area contributed by atoms with E-state index in [1.165, 1.54) is 12.3 Å². The van der Waals surface area contributed by atoms with E-state index in [9.17, 15) is 4.39 Å². The van der Waals surface area contributed by atoms with E-state index in [1.54, 1.807) is 0 Å². The fourth-order valence-corrected chi connectivity index (χ4v) is 0.306. The molecule has 1 nitrogen and oxygen atoms in total. The van der Waals surface area contributed by atoms with Gasteiger partial charge < -0.3 is 4.98 Å². The smallest absolute Gasteiger partial charge is 0.388 e. The van der Waals surface area contributed by atoms with Gasteiger partial charge >= 0.3 is 18.9 Å². The number of halogens is 1. The maximum Gasteiger partial charge on any atom is 1.00 e. The van der Waals surface area contributed by atoms with Crippen molar-refractivity contribution < 1.29 is 23.3 Å². The summed E-state index contributed by atoms with van der Waals surface area (Å²) >= 11 is 0. The average Bonchev–Trinajstić information content (AvgIpc) is 1.69. The number of nitrogens with zero attached hydrogens (tertiary/aromatic N) is 1. The van der Waals surface area contributed by atoms with Crippen molar-refractivity contribution in [3.8, 4) is 0 Å². The van der Waals surface area contributed by atoms with Crippen molar-refractivity contribution in [1.29, 1.82) is 0 Å². The first kappa shape index (κ1) is 7.68. The maximum atomic E-state index is 11.8. The van der Waals surface area contributed by atoms with Crippen LogP contribution in [0.25, 0.3) is 0 Å². The molecule has 0 saturated heterocycles. The molecular formula is C5H3FLiN. The van der Waals surface area contributed by atoms with Gasteiger partial charge in [0.15, 0.2) is 0 Å². The summed E-state index contributed by atoms with van der Waals surface area (Å²) in [5.74, 6) is -0.414. The minimum Gasteiger partial charge on any atom is -0.388 e. The van der Waals surface area contributed by atoms with E-state index in [-0.39, 0.29) is 18.9 Å². The first-order chi connectivity index (χ1) is 3.39. The molecule has 0 spiro atoms. The van der Waals surface area contributed by atoms with Crippen LogP contribution in [0.1, 0.15) is 0 Å². The summed E-state index contributed by atoms with van der Waals surface area (Å²) in [7, 11) is 0. The van der Waals surface area contributed by atoms with Crippen LogP contribution in [0.3, 0.4) is 0 Å². The Labute approximate surface area is 59.1 Å². The second kappa shape index (κ2) is 3.65. The Morgan fingerprint density at radius 1 is 1.62 bits per heavy atom. The van der Waals surface area contributed by atoms with E-state index in [4.69, 9.17) is 0 Å². The molecule has 0 aliphatic rings. The van der Waals surface area contributed by atoms with Gasteiger partial charge in [-0.15, -0.1) is 6.07 Å². The predicted molar refractivity (Wildman–Crippen MR) is 23.0 cm³/mol. The van der Waals surface area contributed by atoms with Gasteiger partial charge in [-0.25, -0.2) is 4.39 Å². The quantitative estimate of drug-likeness (QED) is 0.274. The monoisotopic (exact) mass is 103 g/mol. The standard InChI is InChI=1S/C5H3FN.Li/c6-5-2-1-3-7-4-5;/h1,3-4H;/q-1;+1. The SMILES string of the molecule is Fc1[c-]ccnc1.[Li+]. The van der Waals surface area contributed by atoms with Gasteiger partial charge in [0.1, 0.15) is 0 Å². The molecule has 0 saturated carbocycles. The molecule has 0 radical (unpaired) electrons. The second-order valence-corrected chi connectivity index (χ2v) is 1.09. The predicted octanol–water partition coefficient (Wildman–Crippen LogP) is -1.98. The molecule has 0 atom stereocenters. The fraction of sp³-hybridized carbons (Fsp3) is 0. The fourth-order valence-electron chi connectivity index (χ4n) is 0.306. The van der Waals surface area contributed by atoms with Crippen molar-refractivity contribution >= 4 is 0 Å². The molecule has 0 amide bonds. The zero-order chi connectivity index (χ0) is 5.11. The topological polar surface area (TPSA) is 12.9 Å². The Hall–Kier alpha value is -0.323. The van der Waals surface area contributed by atoms with Crippen LogP contribution < -0.4 is 18.9 Å². The number of aromatic nitrogens is 1. The third-order valence-corrected chi connectivity index (χ3v) is 0.570. The van der Waals surface area contributed by atoms with E-state index < -0.39 is 5.82 Å². The van der Waals surface area contributed by atoms with E-state index >= 15 is 0 Å². The molecule has 0 unspecified atom stereocenters. The minimum absolute atomic E-state index is 0. The van der Waals surface area contributed by atoms with Crippen LogP contribution in [0, 0.1) is 11.9 Å². The van der Waals surface area contributed by atoms with Crippen molar-refractivity contribution in [3.05, 3.63) is 30.3 Å². The van der Waals surface area contributed by atoms with E-state index in [0.717, 1.165) is 6.20 Å². The molecule has 0 aliphatic heterocycles. The molecule has 0 fully saturated rings. The summed E-state index contributed by atoms with van der Waals surface area (Å²) in [6, 6.07) is 3.73. The number of pyridine rings is 1. The van der Waals surface area contributed by atoms with Crippen molar-refractivity contribution in [2.45, 2.75) is 0 Å². The molecule has 0 aliphatic carbocycles. The zero-order valence-electron chi connectivity index (χ0n) is 4.56. The van der Waals surface area contributed by atoms with Gasteiger partial charge in [0.05, 0.1) is 0 Å². The summed E-state index contributed by atoms with van der Waals surface area (Å²) in [5, 5.41) is 0. The molecule has 1 aromatic rings. The van der Waals surface area contributed by atoms with Crippen LogP contribution >= 0.6 is 0 Å². The molecule has 0 bridgehead atoms. The minimum atomic E-state index is -0.414. The molecule has 0 N–H and O–H groups in total.